The van der Waals surface area contributed by atoms with E-state index in [1.807, 2.05) is 23.8 Å². The first-order valence-corrected chi connectivity index (χ1v) is 7.05. The lowest BCUT2D eigenvalue weighted by atomic mass is 10.1. The molecular weight excluding hydrogens is 240 g/mol. The number of aromatic nitrogens is 3. The quantitative estimate of drug-likeness (QED) is 0.862. The third kappa shape index (κ3) is 2.64. The number of imidazole rings is 1. The van der Waals surface area contributed by atoms with Crippen molar-refractivity contribution in [3.8, 4) is 5.88 Å². The number of nitrogens with zero attached hydrogens (tertiary/aromatic N) is 3. The Kier molecular flexibility index (Phi) is 3.53. The standard InChI is InChI=1S/C14H20N4O/c1-15-12-10-18-9-8-16-13(18)14(17-12)19-11-6-4-2-3-5-7-11/h8-11,15H,2-7H2,1H3. The molecule has 0 radical (unpaired) electrons. The van der Waals surface area contributed by atoms with Crippen LogP contribution in [0.15, 0.2) is 18.6 Å². The molecule has 0 amide bonds. The smallest absolute Gasteiger partial charge is 0.260 e. The normalized spacial score (nSPS) is 17.3. The van der Waals surface area contributed by atoms with Crippen molar-refractivity contribution >= 4 is 11.5 Å². The Balaban J connectivity index is 1.87. The molecule has 2 aromatic heterocycles. The second-order valence-corrected chi connectivity index (χ2v) is 5.07. The average molecular weight is 260 g/mol. The molecular formula is C14H20N4O. The van der Waals surface area contributed by atoms with E-state index in [0.717, 1.165) is 24.3 Å². The molecule has 0 bridgehead atoms. The van der Waals surface area contributed by atoms with Crippen LogP contribution in [0.4, 0.5) is 5.82 Å². The fourth-order valence-electron chi connectivity index (χ4n) is 2.62. The first-order valence-electron chi connectivity index (χ1n) is 7.05. The van der Waals surface area contributed by atoms with Gasteiger partial charge in [-0.05, 0) is 25.7 Å². The fourth-order valence-corrected chi connectivity index (χ4v) is 2.62. The van der Waals surface area contributed by atoms with Crippen LogP contribution < -0.4 is 10.1 Å². The third-order valence-corrected chi connectivity index (χ3v) is 3.68. The van der Waals surface area contributed by atoms with Crippen LogP contribution in [0.25, 0.3) is 5.65 Å². The van der Waals surface area contributed by atoms with Crippen molar-refractivity contribution in [3.63, 3.8) is 0 Å². The maximum Gasteiger partial charge on any atom is 0.260 e. The lowest BCUT2D eigenvalue weighted by Crippen LogP contribution is -2.17. The van der Waals surface area contributed by atoms with E-state index in [0.29, 0.717) is 5.88 Å². The Labute approximate surface area is 113 Å². The highest BCUT2D eigenvalue weighted by atomic mass is 16.5. The molecule has 5 heteroatoms. The number of rotatable bonds is 3. The zero-order valence-corrected chi connectivity index (χ0v) is 11.3. The summed E-state index contributed by atoms with van der Waals surface area (Å²) in [4.78, 5) is 8.83. The molecule has 2 heterocycles. The van der Waals surface area contributed by atoms with Crippen molar-refractivity contribution in [2.24, 2.45) is 0 Å². The SMILES string of the molecule is CNc1cn2ccnc2c(OC2CCCCCC2)n1. The highest BCUT2D eigenvalue weighted by molar-refractivity contribution is 5.53. The summed E-state index contributed by atoms with van der Waals surface area (Å²) in [5.74, 6) is 1.44. The van der Waals surface area contributed by atoms with E-state index in [-0.39, 0.29) is 6.10 Å². The Hall–Kier alpha value is -1.78. The van der Waals surface area contributed by atoms with Crippen molar-refractivity contribution in [2.75, 3.05) is 12.4 Å². The molecule has 0 aliphatic heterocycles. The summed E-state index contributed by atoms with van der Waals surface area (Å²) < 4.78 is 8.06. The Morgan fingerprint density at radius 1 is 1.26 bits per heavy atom. The van der Waals surface area contributed by atoms with E-state index < -0.39 is 0 Å². The predicted octanol–water partition coefficient (Wildman–Crippen LogP) is 2.87. The van der Waals surface area contributed by atoms with Crippen molar-refractivity contribution < 1.29 is 4.74 Å². The van der Waals surface area contributed by atoms with E-state index in [2.05, 4.69) is 15.3 Å². The van der Waals surface area contributed by atoms with Crippen molar-refractivity contribution in [1.82, 2.24) is 14.4 Å². The van der Waals surface area contributed by atoms with E-state index in [1.165, 1.54) is 25.7 Å². The van der Waals surface area contributed by atoms with Crippen LogP contribution in [0.1, 0.15) is 38.5 Å². The van der Waals surface area contributed by atoms with Crippen molar-refractivity contribution in [2.45, 2.75) is 44.6 Å². The molecule has 3 rings (SSSR count). The molecule has 0 saturated heterocycles. The fraction of sp³-hybridized carbons (Fsp3) is 0.571. The molecule has 1 N–H and O–H groups in total. The van der Waals surface area contributed by atoms with Gasteiger partial charge in [-0.1, -0.05) is 12.8 Å². The summed E-state index contributed by atoms with van der Waals surface area (Å²) in [6.45, 7) is 0. The van der Waals surface area contributed by atoms with Crippen LogP contribution in [0, 0.1) is 0 Å². The van der Waals surface area contributed by atoms with E-state index in [4.69, 9.17) is 4.74 Å². The zero-order chi connectivity index (χ0) is 13.1. The minimum atomic E-state index is 0.280. The topological polar surface area (TPSA) is 51.5 Å². The Bertz CT molecular complexity index is 543. The second kappa shape index (κ2) is 5.47. The van der Waals surface area contributed by atoms with Gasteiger partial charge in [0.25, 0.3) is 5.88 Å². The molecule has 1 aliphatic rings. The van der Waals surface area contributed by atoms with Gasteiger partial charge >= 0.3 is 0 Å². The largest absolute Gasteiger partial charge is 0.472 e. The van der Waals surface area contributed by atoms with Crippen LogP contribution in [-0.4, -0.2) is 27.5 Å². The second-order valence-electron chi connectivity index (χ2n) is 5.07. The third-order valence-electron chi connectivity index (χ3n) is 3.68. The molecule has 19 heavy (non-hydrogen) atoms. The lowest BCUT2D eigenvalue weighted by molar-refractivity contribution is 0.178. The van der Waals surface area contributed by atoms with E-state index in [9.17, 15) is 0 Å². The van der Waals surface area contributed by atoms with Crippen LogP contribution in [-0.2, 0) is 0 Å². The van der Waals surface area contributed by atoms with Crippen LogP contribution >= 0.6 is 0 Å². The van der Waals surface area contributed by atoms with Gasteiger partial charge in [0.15, 0.2) is 0 Å². The maximum atomic E-state index is 6.11. The van der Waals surface area contributed by atoms with Crippen LogP contribution in [0.2, 0.25) is 0 Å². The average Bonchev–Trinajstić information content (AvgIpc) is 2.76. The summed E-state index contributed by atoms with van der Waals surface area (Å²) in [5.41, 5.74) is 0.795. The first kappa shape index (κ1) is 12.3. The Morgan fingerprint density at radius 3 is 2.79 bits per heavy atom. The van der Waals surface area contributed by atoms with Crippen LogP contribution in [0.3, 0.4) is 0 Å². The molecule has 1 fully saturated rings. The van der Waals surface area contributed by atoms with Gasteiger partial charge in [-0.15, -0.1) is 0 Å². The number of hydrogen-bond donors (Lipinski definition) is 1. The predicted molar refractivity (Wildman–Crippen MR) is 74.7 cm³/mol. The zero-order valence-electron chi connectivity index (χ0n) is 11.3. The first-order chi connectivity index (χ1) is 9.36. The van der Waals surface area contributed by atoms with Gasteiger partial charge in [0.1, 0.15) is 11.9 Å². The summed E-state index contributed by atoms with van der Waals surface area (Å²) in [6, 6.07) is 0. The highest BCUT2D eigenvalue weighted by Crippen LogP contribution is 2.25. The number of hydrogen-bond acceptors (Lipinski definition) is 4. The molecule has 5 nitrogen and oxygen atoms in total. The minimum Gasteiger partial charge on any atom is -0.472 e. The summed E-state index contributed by atoms with van der Waals surface area (Å²) >= 11 is 0. The minimum absolute atomic E-state index is 0.280. The van der Waals surface area contributed by atoms with Gasteiger partial charge in [-0.3, -0.25) is 4.40 Å². The molecule has 0 aromatic carbocycles. The molecule has 0 atom stereocenters. The summed E-state index contributed by atoms with van der Waals surface area (Å²) in [5, 5.41) is 3.06. The van der Waals surface area contributed by atoms with Gasteiger partial charge in [-0.2, -0.15) is 4.98 Å². The van der Waals surface area contributed by atoms with Gasteiger partial charge in [0.2, 0.25) is 5.65 Å². The van der Waals surface area contributed by atoms with Crippen molar-refractivity contribution in [3.05, 3.63) is 18.6 Å². The van der Waals surface area contributed by atoms with E-state index in [1.54, 1.807) is 6.20 Å². The number of nitrogens with one attached hydrogen (secondary N) is 1. The van der Waals surface area contributed by atoms with Gasteiger partial charge in [-0.25, -0.2) is 4.98 Å². The number of anilines is 1. The molecule has 0 unspecified atom stereocenters. The summed E-state index contributed by atoms with van der Waals surface area (Å²) in [7, 11) is 1.86. The van der Waals surface area contributed by atoms with Crippen LogP contribution in [0.5, 0.6) is 5.88 Å². The van der Waals surface area contributed by atoms with E-state index >= 15 is 0 Å². The van der Waals surface area contributed by atoms with Gasteiger partial charge < -0.3 is 10.1 Å². The molecule has 1 saturated carbocycles. The summed E-state index contributed by atoms with van der Waals surface area (Å²) in [6.07, 6.45) is 13.3. The molecule has 0 spiro atoms. The molecule has 1 aliphatic carbocycles. The maximum absolute atomic E-state index is 6.11. The Morgan fingerprint density at radius 2 is 2.05 bits per heavy atom. The monoisotopic (exact) mass is 260 g/mol. The van der Waals surface area contributed by atoms with Gasteiger partial charge in [0.05, 0.1) is 6.20 Å². The number of fused-ring (bicyclic) bond motifs is 1. The highest BCUT2D eigenvalue weighted by Gasteiger charge is 2.17. The lowest BCUT2D eigenvalue weighted by Gasteiger charge is -2.17. The van der Waals surface area contributed by atoms with Crippen molar-refractivity contribution in [1.29, 1.82) is 0 Å². The molecule has 102 valence electrons. The molecule has 2 aromatic rings. The van der Waals surface area contributed by atoms with Gasteiger partial charge in [0, 0.05) is 19.4 Å². The number of ether oxygens (including phenoxy) is 1.